The maximum atomic E-state index is 11.4. The molecule has 2 saturated carbocycles. The van der Waals surface area contributed by atoms with Crippen molar-refractivity contribution in [2.45, 2.75) is 45.4 Å². The van der Waals surface area contributed by atoms with E-state index in [1.54, 1.807) is 0 Å². The van der Waals surface area contributed by atoms with E-state index in [0.717, 1.165) is 18.3 Å². The van der Waals surface area contributed by atoms with Gasteiger partial charge < -0.3 is 0 Å². The first-order valence-electron chi connectivity index (χ1n) is 5.30. The first-order chi connectivity index (χ1) is 5.77. The second-order valence-electron chi connectivity index (χ2n) is 4.61. The summed E-state index contributed by atoms with van der Waals surface area (Å²) in [6, 6.07) is 0. The Bertz CT molecular complexity index is 185. The molecular formula is C11H18O. The van der Waals surface area contributed by atoms with Crippen molar-refractivity contribution in [3.63, 3.8) is 0 Å². The average molecular weight is 166 g/mol. The second kappa shape index (κ2) is 3.20. The van der Waals surface area contributed by atoms with Crippen LogP contribution in [0.25, 0.3) is 0 Å². The van der Waals surface area contributed by atoms with Crippen LogP contribution in [0.4, 0.5) is 0 Å². The number of hydrogen-bond acceptors (Lipinski definition) is 1. The molecular weight excluding hydrogens is 148 g/mol. The monoisotopic (exact) mass is 166 g/mol. The normalized spacial score (nSPS) is 42.4. The van der Waals surface area contributed by atoms with Crippen LogP contribution >= 0.6 is 0 Å². The van der Waals surface area contributed by atoms with E-state index in [-0.39, 0.29) is 0 Å². The summed E-state index contributed by atoms with van der Waals surface area (Å²) >= 11 is 0. The van der Waals surface area contributed by atoms with Crippen molar-refractivity contribution in [1.29, 1.82) is 0 Å². The first kappa shape index (κ1) is 8.28. The highest BCUT2D eigenvalue weighted by atomic mass is 16.1. The van der Waals surface area contributed by atoms with Crippen molar-refractivity contribution in [2.75, 3.05) is 0 Å². The van der Waals surface area contributed by atoms with E-state index in [0.29, 0.717) is 11.7 Å². The summed E-state index contributed by atoms with van der Waals surface area (Å²) in [7, 11) is 0. The molecule has 0 heterocycles. The number of hydrogen-bond donors (Lipinski definition) is 0. The van der Waals surface area contributed by atoms with Gasteiger partial charge in [-0.3, -0.25) is 4.79 Å². The van der Waals surface area contributed by atoms with E-state index in [1.165, 1.54) is 32.1 Å². The quantitative estimate of drug-likeness (QED) is 0.541. The second-order valence-corrected chi connectivity index (χ2v) is 4.61. The molecule has 0 bridgehead atoms. The van der Waals surface area contributed by atoms with E-state index in [2.05, 4.69) is 6.92 Å². The molecule has 3 atom stereocenters. The van der Waals surface area contributed by atoms with Crippen LogP contribution in [-0.4, -0.2) is 5.78 Å². The predicted octanol–water partition coefficient (Wildman–Crippen LogP) is 2.79. The van der Waals surface area contributed by atoms with Crippen LogP contribution < -0.4 is 0 Å². The van der Waals surface area contributed by atoms with E-state index in [9.17, 15) is 4.79 Å². The highest BCUT2D eigenvalue weighted by Crippen LogP contribution is 2.40. The zero-order valence-corrected chi connectivity index (χ0v) is 7.88. The van der Waals surface area contributed by atoms with Crippen molar-refractivity contribution in [3.05, 3.63) is 0 Å². The van der Waals surface area contributed by atoms with Gasteiger partial charge in [0, 0.05) is 12.3 Å². The van der Waals surface area contributed by atoms with Crippen LogP contribution in [0.1, 0.15) is 45.4 Å². The Labute approximate surface area is 74.5 Å². The Hall–Kier alpha value is -0.330. The van der Waals surface area contributed by atoms with Gasteiger partial charge in [0.15, 0.2) is 0 Å². The Morgan fingerprint density at radius 1 is 1.17 bits per heavy atom. The summed E-state index contributed by atoms with van der Waals surface area (Å²) in [6.07, 6.45) is 7.56. The lowest BCUT2D eigenvalue weighted by atomic mass is 9.67. The Balaban J connectivity index is 2.02. The minimum Gasteiger partial charge on any atom is -0.299 e. The lowest BCUT2D eigenvalue weighted by Gasteiger charge is -2.37. The molecule has 0 saturated heterocycles. The van der Waals surface area contributed by atoms with Crippen molar-refractivity contribution in [3.8, 4) is 0 Å². The molecule has 0 aromatic carbocycles. The number of Topliss-reactive ketones (excluding diaryl/α,β-unsaturated/α-hetero) is 1. The summed E-state index contributed by atoms with van der Waals surface area (Å²) in [4.78, 5) is 11.4. The zero-order valence-electron chi connectivity index (χ0n) is 7.88. The van der Waals surface area contributed by atoms with Crippen molar-refractivity contribution in [2.24, 2.45) is 17.8 Å². The van der Waals surface area contributed by atoms with Crippen molar-refractivity contribution in [1.82, 2.24) is 0 Å². The van der Waals surface area contributed by atoms with Crippen LogP contribution in [0.2, 0.25) is 0 Å². The summed E-state index contributed by atoms with van der Waals surface area (Å²) in [6.45, 7) is 2.10. The largest absolute Gasteiger partial charge is 0.299 e. The van der Waals surface area contributed by atoms with Gasteiger partial charge in [-0.25, -0.2) is 0 Å². The topological polar surface area (TPSA) is 17.1 Å². The smallest absolute Gasteiger partial charge is 0.135 e. The van der Waals surface area contributed by atoms with Gasteiger partial charge >= 0.3 is 0 Å². The fourth-order valence-electron chi connectivity index (χ4n) is 2.91. The van der Waals surface area contributed by atoms with Gasteiger partial charge in [0.2, 0.25) is 0 Å². The van der Waals surface area contributed by atoms with E-state index in [1.807, 2.05) is 0 Å². The molecule has 0 aromatic rings. The van der Waals surface area contributed by atoms with Crippen LogP contribution in [-0.2, 0) is 4.79 Å². The first-order valence-corrected chi connectivity index (χ1v) is 5.30. The Kier molecular flexibility index (Phi) is 2.20. The lowest BCUT2D eigenvalue weighted by Crippen LogP contribution is -2.32. The minimum absolute atomic E-state index is 0.365. The molecule has 0 amide bonds. The Morgan fingerprint density at radius 2 is 1.83 bits per heavy atom. The zero-order chi connectivity index (χ0) is 8.55. The standard InChI is InChI=1S/C11H18O/c1-8-6-9-4-2-3-5-10(9)7-11(8)12/h8-10H,2-7H2,1H3/t8-,9+,10+/m1/s1. The molecule has 68 valence electrons. The maximum absolute atomic E-state index is 11.4. The van der Waals surface area contributed by atoms with E-state index < -0.39 is 0 Å². The molecule has 2 fully saturated rings. The third kappa shape index (κ3) is 1.41. The van der Waals surface area contributed by atoms with Crippen molar-refractivity contribution < 1.29 is 4.79 Å². The predicted molar refractivity (Wildman–Crippen MR) is 48.9 cm³/mol. The van der Waals surface area contributed by atoms with Gasteiger partial charge in [-0.2, -0.15) is 0 Å². The Morgan fingerprint density at radius 3 is 2.58 bits per heavy atom. The molecule has 2 aliphatic rings. The number of ketones is 1. The third-order valence-corrected chi connectivity index (χ3v) is 3.74. The van der Waals surface area contributed by atoms with Crippen LogP contribution in [0.5, 0.6) is 0 Å². The van der Waals surface area contributed by atoms with Gasteiger partial charge in [-0.15, -0.1) is 0 Å². The SMILES string of the molecule is C[C@@H]1C[C@@H]2CCCC[C@H]2CC1=O. The van der Waals surface area contributed by atoms with E-state index >= 15 is 0 Å². The van der Waals surface area contributed by atoms with Gasteiger partial charge in [0.1, 0.15) is 5.78 Å². The van der Waals surface area contributed by atoms with E-state index in [4.69, 9.17) is 0 Å². The fraction of sp³-hybridized carbons (Fsp3) is 0.909. The lowest BCUT2D eigenvalue weighted by molar-refractivity contribution is -0.127. The maximum Gasteiger partial charge on any atom is 0.135 e. The molecule has 1 nitrogen and oxygen atoms in total. The van der Waals surface area contributed by atoms with Gasteiger partial charge in [-0.1, -0.05) is 26.2 Å². The molecule has 12 heavy (non-hydrogen) atoms. The molecule has 0 unspecified atom stereocenters. The van der Waals surface area contributed by atoms with Crippen LogP contribution in [0.15, 0.2) is 0 Å². The highest BCUT2D eigenvalue weighted by Gasteiger charge is 2.34. The van der Waals surface area contributed by atoms with Crippen molar-refractivity contribution >= 4 is 5.78 Å². The van der Waals surface area contributed by atoms with Crippen LogP contribution in [0, 0.1) is 17.8 Å². The third-order valence-electron chi connectivity index (χ3n) is 3.74. The van der Waals surface area contributed by atoms with Gasteiger partial charge in [0.25, 0.3) is 0 Å². The average Bonchev–Trinajstić information content (AvgIpc) is 2.07. The molecule has 0 N–H and O–H groups in total. The molecule has 0 aromatic heterocycles. The summed E-state index contributed by atoms with van der Waals surface area (Å²) < 4.78 is 0. The van der Waals surface area contributed by atoms with Gasteiger partial charge in [-0.05, 0) is 24.7 Å². The minimum atomic E-state index is 0.365. The van der Waals surface area contributed by atoms with Crippen LogP contribution in [0.3, 0.4) is 0 Å². The molecule has 0 spiro atoms. The molecule has 0 aliphatic heterocycles. The molecule has 0 radical (unpaired) electrons. The summed E-state index contributed by atoms with van der Waals surface area (Å²) in [5, 5.41) is 0. The van der Waals surface area contributed by atoms with Gasteiger partial charge in [0.05, 0.1) is 0 Å². The fourth-order valence-corrected chi connectivity index (χ4v) is 2.91. The molecule has 1 heteroatoms. The summed E-state index contributed by atoms with van der Waals surface area (Å²) in [5.41, 5.74) is 0. The molecule has 2 aliphatic carbocycles. The molecule has 2 rings (SSSR count). The number of rotatable bonds is 0. The highest BCUT2D eigenvalue weighted by molar-refractivity contribution is 5.81. The summed E-state index contributed by atoms with van der Waals surface area (Å²) in [5.74, 6) is 2.55. The number of fused-ring (bicyclic) bond motifs is 1. The number of carbonyl (C=O) groups excluding carboxylic acids is 1. The number of carbonyl (C=O) groups is 1.